The number of benzene rings is 2. The molecule has 166 valence electrons. The number of esters is 2. The predicted octanol–water partition coefficient (Wildman–Crippen LogP) is 4.22. The van der Waals surface area contributed by atoms with Crippen molar-refractivity contribution in [2.75, 3.05) is 11.9 Å². The molecular formula is C24H23NO7. The van der Waals surface area contributed by atoms with E-state index in [1.54, 1.807) is 32.0 Å². The van der Waals surface area contributed by atoms with Crippen molar-refractivity contribution in [3.05, 3.63) is 83.8 Å². The Hall–Kier alpha value is -4.07. The topological polar surface area (TPSA) is 104 Å². The number of furan rings is 1. The molecule has 0 bridgehead atoms. The van der Waals surface area contributed by atoms with Crippen molar-refractivity contribution < 1.29 is 33.0 Å². The summed E-state index contributed by atoms with van der Waals surface area (Å²) in [6.45, 7) is 3.18. The molecule has 0 fully saturated rings. The third-order valence-electron chi connectivity index (χ3n) is 4.07. The fourth-order valence-corrected chi connectivity index (χ4v) is 2.61. The molecule has 3 aromatic rings. The normalized spacial score (nSPS) is 10.5. The van der Waals surface area contributed by atoms with E-state index in [2.05, 4.69) is 5.32 Å². The lowest BCUT2D eigenvalue weighted by Crippen LogP contribution is -2.20. The number of amides is 1. The highest BCUT2D eigenvalue weighted by Crippen LogP contribution is 2.15. The monoisotopic (exact) mass is 437 g/mol. The Morgan fingerprint density at radius 1 is 0.906 bits per heavy atom. The second-order valence-electron chi connectivity index (χ2n) is 7.02. The Morgan fingerprint density at radius 3 is 2.31 bits per heavy atom. The molecule has 1 amide bonds. The van der Waals surface area contributed by atoms with E-state index in [1.165, 1.54) is 18.2 Å². The van der Waals surface area contributed by atoms with Crippen LogP contribution in [0.3, 0.4) is 0 Å². The number of carbonyl (C=O) groups is 3. The standard InChI is InChI=1S/C24H23NO7/c1-16(2)31-23(27)17-8-10-18(11-9-17)25-22(26)15-30-24(28)21-13-12-20(32-21)14-29-19-6-4-3-5-7-19/h3-13,16H,14-15H2,1-2H3,(H,25,26). The van der Waals surface area contributed by atoms with E-state index >= 15 is 0 Å². The summed E-state index contributed by atoms with van der Waals surface area (Å²) < 4.78 is 21.0. The molecule has 0 aliphatic rings. The molecule has 3 rings (SSSR count). The molecular weight excluding hydrogens is 414 g/mol. The van der Waals surface area contributed by atoms with Crippen molar-refractivity contribution in [1.29, 1.82) is 0 Å². The van der Waals surface area contributed by atoms with Crippen molar-refractivity contribution in [3.63, 3.8) is 0 Å². The lowest BCUT2D eigenvalue weighted by atomic mass is 10.2. The van der Waals surface area contributed by atoms with Crippen LogP contribution in [0.15, 0.2) is 71.1 Å². The van der Waals surface area contributed by atoms with E-state index in [0.717, 1.165) is 0 Å². The molecule has 0 aliphatic carbocycles. The number of hydrogen-bond acceptors (Lipinski definition) is 7. The van der Waals surface area contributed by atoms with Gasteiger partial charge in [-0.2, -0.15) is 0 Å². The predicted molar refractivity (Wildman–Crippen MR) is 115 cm³/mol. The molecule has 0 saturated carbocycles. The number of carbonyl (C=O) groups excluding carboxylic acids is 3. The lowest BCUT2D eigenvalue weighted by Gasteiger charge is -2.09. The Labute approximate surface area is 185 Å². The van der Waals surface area contributed by atoms with Crippen LogP contribution in [-0.2, 0) is 20.9 Å². The Morgan fingerprint density at radius 2 is 1.62 bits per heavy atom. The smallest absolute Gasteiger partial charge is 0.374 e. The van der Waals surface area contributed by atoms with Crippen LogP contribution in [0.5, 0.6) is 5.75 Å². The van der Waals surface area contributed by atoms with Crippen molar-refractivity contribution in [2.45, 2.75) is 26.6 Å². The van der Waals surface area contributed by atoms with Crippen molar-refractivity contribution in [3.8, 4) is 5.75 Å². The summed E-state index contributed by atoms with van der Waals surface area (Å²) in [4.78, 5) is 36.0. The molecule has 2 aromatic carbocycles. The average molecular weight is 437 g/mol. The van der Waals surface area contributed by atoms with Gasteiger partial charge >= 0.3 is 11.9 Å². The third-order valence-corrected chi connectivity index (χ3v) is 4.07. The van der Waals surface area contributed by atoms with Gasteiger partial charge in [-0.1, -0.05) is 18.2 Å². The fourth-order valence-electron chi connectivity index (χ4n) is 2.61. The van der Waals surface area contributed by atoms with Gasteiger partial charge in [-0.3, -0.25) is 4.79 Å². The van der Waals surface area contributed by atoms with Gasteiger partial charge < -0.3 is 23.9 Å². The summed E-state index contributed by atoms with van der Waals surface area (Å²) in [5, 5.41) is 2.58. The largest absolute Gasteiger partial charge is 0.486 e. The van der Waals surface area contributed by atoms with E-state index in [-0.39, 0.29) is 18.5 Å². The third kappa shape index (κ3) is 6.73. The highest BCUT2D eigenvalue weighted by atomic mass is 16.6. The zero-order valence-electron chi connectivity index (χ0n) is 17.7. The van der Waals surface area contributed by atoms with Crippen LogP contribution in [0.2, 0.25) is 0 Å². The quantitative estimate of drug-likeness (QED) is 0.500. The van der Waals surface area contributed by atoms with E-state index in [0.29, 0.717) is 22.8 Å². The molecule has 8 nitrogen and oxygen atoms in total. The molecule has 1 N–H and O–H groups in total. The Kier molecular flexibility index (Phi) is 7.64. The van der Waals surface area contributed by atoms with Gasteiger partial charge in [-0.15, -0.1) is 0 Å². The average Bonchev–Trinajstić information content (AvgIpc) is 3.26. The zero-order valence-corrected chi connectivity index (χ0v) is 17.7. The van der Waals surface area contributed by atoms with Gasteiger partial charge in [0.2, 0.25) is 5.76 Å². The first kappa shape index (κ1) is 22.6. The summed E-state index contributed by atoms with van der Waals surface area (Å²) in [5.74, 6) is -0.653. The molecule has 0 atom stereocenters. The van der Waals surface area contributed by atoms with Gasteiger partial charge in [0.25, 0.3) is 5.91 Å². The summed E-state index contributed by atoms with van der Waals surface area (Å²) in [6, 6.07) is 18.4. The summed E-state index contributed by atoms with van der Waals surface area (Å²) in [7, 11) is 0. The van der Waals surface area contributed by atoms with Crippen LogP contribution in [-0.4, -0.2) is 30.6 Å². The second-order valence-corrected chi connectivity index (χ2v) is 7.02. The SMILES string of the molecule is CC(C)OC(=O)c1ccc(NC(=O)COC(=O)c2ccc(COc3ccccc3)o2)cc1. The van der Waals surface area contributed by atoms with Gasteiger partial charge in [0.15, 0.2) is 6.61 Å². The first-order valence-corrected chi connectivity index (χ1v) is 9.95. The number of ether oxygens (including phenoxy) is 3. The highest BCUT2D eigenvalue weighted by Gasteiger charge is 2.15. The van der Waals surface area contributed by atoms with E-state index in [4.69, 9.17) is 18.6 Å². The van der Waals surface area contributed by atoms with Crippen LogP contribution in [0.1, 0.15) is 40.5 Å². The van der Waals surface area contributed by atoms with Crippen molar-refractivity contribution >= 4 is 23.5 Å². The number of para-hydroxylation sites is 1. The van der Waals surface area contributed by atoms with Gasteiger partial charge in [-0.25, -0.2) is 9.59 Å². The summed E-state index contributed by atoms with van der Waals surface area (Å²) >= 11 is 0. The van der Waals surface area contributed by atoms with Crippen LogP contribution in [0.4, 0.5) is 5.69 Å². The number of nitrogens with one attached hydrogen (secondary N) is 1. The second kappa shape index (κ2) is 10.8. The first-order valence-electron chi connectivity index (χ1n) is 9.95. The molecule has 32 heavy (non-hydrogen) atoms. The van der Waals surface area contributed by atoms with E-state index < -0.39 is 24.5 Å². The van der Waals surface area contributed by atoms with Gasteiger partial charge in [0.05, 0.1) is 11.7 Å². The highest BCUT2D eigenvalue weighted by molar-refractivity contribution is 5.95. The van der Waals surface area contributed by atoms with Crippen LogP contribution in [0.25, 0.3) is 0 Å². The first-order chi connectivity index (χ1) is 15.4. The minimum absolute atomic E-state index is 0.0301. The fraction of sp³-hybridized carbons (Fsp3) is 0.208. The maximum Gasteiger partial charge on any atom is 0.374 e. The molecule has 1 heterocycles. The molecule has 0 aliphatic heterocycles. The van der Waals surface area contributed by atoms with E-state index in [9.17, 15) is 14.4 Å². The van der Waals surface area contributed by atoms with Crippen LogP contribution < -0.4 is 10.1 Å². The molecule has 0 spiro atoms. The molecule has 8 heteroatoms. The number of anilines is 1. The van der Waals surface area contributed by atoms with Gasteiger partial charge in [0, 0.05) is 5.69 Å². The van der Waals surface area contributed by atoms with Crippen molar-refractivity contribution in [2.24, 2.45) is 0 Å². The minimum Gasteiger partial charge on any atom is -0.486 e. The van der Waals surface area contributed by atoms with E-state index in [1.807, 2.05) is 30.3 Å². The van der Waals surface area contributed by atoms with Gasteiger partial charge in [0.1, 0.15) is 18.1 Å². The Bertz CT molecular complexity index is 1060. The molecule has 1 aromatic heterocycles. The molecule has 0 saturated heterocycles. The summed E-state index contributed by atoms with van der Waals surface area (Å²) in [6.07, 6.45) is -0.224. The van der Waals surface area contributed by atoms with Crippen molar-refractivity contribution in [1.82, 2.24) is 0 Å². The number of rotatable bonds is 9. The molecule has 0 unspecified atom stereocenters. The maximum absolute atomic E-state index is 12.1. The summed E-state index contributed by atoms with van der Waals surface area (Å²) in [5.41, 5.74) is 0.818. The Balaban J connectivity index is 1.44. The van der Waals surface area contributed by atoms with Crippen LogP contribution >= 0.6 is 0 Å². The van der Waals surface area contributed by atoms with Gasteiger partial charge in [-0.05, 0) is 62.4 Å². The minimum atomic E-state index is -0.766. The van der Waals surface area contributed by atoms with Crippen LogP contribution in [0, 0.1) is 0 Å². The lowest BCUT2D eigenvalue weighted by molar-refractivity contribution is -0.119. The zero-order chi connectivity index (χ0) is 22.9. The molecule has 0 radical (unpaired) electrons. The number of hydrogen-bond donors (Lipinski definition) is 1. The maximum atomic E-state index is 12.1.